The van der Waals surface area contributed by atoms with Crippen LogP contribution >= 0.6 is 0 Å². The predicted octanol–water partition coefficient (Wildman–Crippen LogP) is -3.41. The van der Waals surface area contributed by atoms with Crippen molar-refractivity contribution in [1.29, 1.82) is 0 Å². The second-order valence-corrected chi connectivity index (χ2v) is 2.45. The lowest BCUT2D eigenvalue weighted by Crippen LogP contribution is -2.50. The fourth-order valence-corrected chi connectivity index (χ4v) is 0.644. The average Bonchev–Trinajstić information content (AvgIpc) is 2.12. The summed E-state index contributed by atoms with van der Waals surface area (Å²) in [5.74, 6) is 0. The molecule has 0 aliphatic heterocycles. The molecule has 0 bridgehead atoms. The number of aldehydes is 1. The average molecular weight is 179 g/mol. The van der Waals surface area contributed by atoms with E-state index in [1.54, 1.807) is 0 Å². The summed E-state index contributed by atoms with van der Waals surface area (Å²) < 4.78 is 0. The van der Waals surface area contributed by atoms with Crippen molar-refractivity contribution in [3.63, 3.8) is 0 Å². The Balaban J connectivity index is 4.07. The van der Waals surface area contributed by atoms with Gasteiger partial charge in [-0.2, -0.15) is 0 Å². The van der Waals surface area contributed by atoms with Crippen molar-refractivity contribution < 1.29 is 25.2 Å². The van der Waals surface area contributed by atoms with Crippen molar-refractivity contribution in [2.24, 2.45) is 5.73 Å². The highest BCUT2D eigenvalue weighted by Gasteiger charge is 2.28. The second-order valence-electron chi connectivity index (χ2n) is 2.45. The zero-order valence-corrected chi connectivity index (χ0v) is 6.37. The van der Waals surface area contributed by atoms with Crippen LogP contribution in [0.1, 0.15) is 0 Å². The predicted molar refractivity (Wildman–Crippen MR) is 39.1 cm³/mol. The van der Waals surface area contributed by atoms with Crippen LogP contribution in [0.3, 0.4) is 0 Å². The molecule has 12 heavy (non-hydrogen) atoms. The van der Waals surface area contributed by atoms with E-state index < -0.39 is 31.0 Å². The molecule has 0 aromatic heterocycles. The van der Waals surface area contributed by atoms with Gasteiger partial charge in [-0.05, 0) is 0 Å². The van der Waals surface area contributed by atoms with E-state index in [0.29, 0.717) is 0 Å². The van der Waals surface area contributed by atoms with E-state index in [1.165, 1.54) is 0 Å². The number of rotatable bonds is 5. The van der Waals surface area contributed by atoms with Gasteiger partial charge >= 0.3 is 0 Å². The first kappa shape index (κ1) is 11.5. The first-order valence-electron chi connectivity index (χ1n) is 3.40. The minimum atomic E-state index is -1.68. The number of carbonyl (C=O) groups is 1. The van der Waals surface area contributed by atoms with Gasteiger partial charge in [0.25, 0.3) is 0 Å². The topological polar surface area (TPSA) is 124 Å². The van der Waals surface area contributed by atoms with Gasteiger partial charge in [0.05, 0.1) is 12.6 Å². The molecular formula is C6H13NO5. The normalized spacial score (nSPS) is 21.1. The van der Waals surface area contributed by atoms with Crippen LogP contribution in [0.5, 0.6) is 0 Å². The highest BCUT2D eigenvalue weighted by molar-refractivity contribution is 5.56. The molecule has 0 heterocycles. The summed E-state index contributed by atoms with van der Waals surface area (Å²) in [7, 11) is 0. The van der Waals surface area contributed by atoms with Gasteiger partial charge in [-0.15, -0.1) is 0 Å². The van der Waals surface area contributed by atoms with Crippen LogP contribution in [0.4, 0.5) is 0 Å². The van der Waals surface area contributed by atoms with Gasteiger partial charge in [0.1, 0.15) is 18.3 Å². The van der Waals surface area contributed by atoms with Crippen molar-refractivity contribution in [1.82, 2.24) is 0 Å². The Bertz CT molecular complexity index is 142. The van der Waals surface area contributed by atoms with Crippen molar-refractivity contribution in [3.05, 3.63) is 0 Å². The third-order valence-electron chi connectivity index (χ3n) is 1.49. The monoisotopic (exact) mass is 179 g/mol. The van der Waals surface area contributed by atoms with E-state index in [9.17, 15) is 4.79 Å². The van der Waals surface area contributed by atoms with Crippen molar-refractivity contribution in [3.8, 4) is 0 Å². The Morgan fingerprint density at radius 2 is 1.75 bits per heavy atom. The highest BCUT2D eigenvalue weighted by atomic mass is 16.4. The SMILES string of the molecule is N[C@H](CO)[C@@H](O)[C@H](O)[C@H](O)C=O. The smallest absolute Gasteiger partial charge is 0.151 e. The fourth-order valence-electron chi connectivity index (χ4n) is 0.644. The molecule has 6 N–H and O–H groups in total. The summed E-state index contributed by atoms with van der Waals surface area (Å²) in [6.45, 7) is -0.538. The molecule has 4 atom stereocenters. The maximum Gasteiger partial charge on any atom is 0.151 e. The van der Waals surface area contributed by atoms with E-state index in [2.05, 4.69) is 0 Å². The third kappa shape index (κ3) is 2.84. The summed E-state index contributed by atoms with van der Waals surface area (Å²) in [5, 5.41) is 35.2. The molecule has 0 fully saturated rings. The molecule has 6 heteroatoms. The molecule has 0 amide bonds. The third-order valence-corrected chi connectivity index (χ3v) is 1.49. The quantitative estimate of drug-likeness (QED) is 0.280. The van der Waals surface area contributed by atoms with Gasteiger partial charge in [0, 0.05) is 0 Å². The van der Waals surface area contributed by atoms with Gasteiger partial charge < -0.3 is 31.0 Å². The second kappa shape index (κ2) is 5.18. The van der Waals surface area contributed by atoms with Crippen LogP contribution < -0.4 is 5.73 Å². The molecule has 6 nitrogen and oxygen atoms in total. The Kier molecular flexibility index (Phi) is 4.95. The Morgan fingerprint density at radius 1 is 1.25 bits per heavy atom. The summed E-state index contributed by atoms with van der Waals surface area (Å²) in [6, 6.07) is -1.07. The van der Waals surface area contributed by atoms with Crippen LogP contribution in [-0.4, -0.2) is 57.7 Å². The van der Waals surface area contributed by atoms with E-state index >= 15 is 0 Å². The van der Waals surface area contributed by atoms with Crippen LogP contribution in [-0.2, 0) is 4.79 Å². The molecule has 0 aromatic rings. The molecule has 0 aliphatic carbocycles. The molecule has 0 unspecified atom stereocenters. The molecule has 0 aromatic carbocycles. The Labute approximate surface area is 69.2 Å². The van der Waals surface area contributed by atoms with Crippen LogP contribution in [0.25, 0.3) is 0 Å². The van der Waals surface area contributed by atoms with Crippen molar-refractivity contribution >= 4 is 6.29 Å². The number of hydrogen-bond donors (Lipinski definition) is 5. The molecule has 0 spiro atoms. The highest BCUT2D eigenvalue weighted by Crippen LogP contribution is 2.01. The van der Waals surface area contributed by atoms with Crippen LogP contribution in [0.15, 0.2) is 0 Å². The number of nitrogens with two attached hydrogens (primary N) is 1. The summed E-state index contributed by atoms with van der Waals surface area (Å²) in [5.41, 5.74) is 5.12. The lowest BCUT2D eigenvalue weighted by molar-refractivity contribution is -0.127. The Hall–Kier alpha value is -0.530. The van der Waals surface area contributed by atoms with E-state index in [1.807, 2.05) is 0 Å². The molecule has 0 radical (unpaired) electrons. The van der Waals surface area contributed by atoms with Gasteiger partial charge in [-0.25, -0.2) is 0 Å². The molecule has 0 rings (SSSR count). The number of aliphatic hydroxyl groups excluding tert-OH is 4. The lowest BCUT2D eigenvalue weighted by Gasteiger charge is -2.23. The zero-order valence-electron chi connectivity index (χ0n) is 6.37. The minimum Gasteiger partial charge on any atom is -0.395 e. The maximum atomic E-state index is 9.94. The molecule has 0 saturated heterocycles. The number of carbonyl (C=O) groups excluding carboxylic acids is 1. The van der Waals surface area contributed by atoms with Crippen LogP contribution in [0, 0.1) is 0 Å². The minimum absolute atomic E-state index is 0.0813. The van der Waals surface area contributed by atoms with Crippen LogP contribution in [0.2, 0.25) is 0 Å². The van der Waals surface area contributed by atoms with Crippen molar-refractivity contribution in [2.75, 3.05) is 6.61 Å². The first-order chi connectivity index (χ1) is 5.54. The number of hydrogen-bond acceptors (Lipinski definition) is 6. The van der Waals surface area contributed by atoms with E-state index in [-0.39, 0.29) is 6.29 Å². The lowest BCUT2D eigenvalue weighted by atomic mass is 10.0. The molecule has 72 valence electrons. The first-order valence-corrected chi connectivity index (χ1v) is 3.40. The van der Waals surface area contributed by atoms with E-state index in [4.69, 9.17) is 26.2 Å². The summed E-state index contributed by atoms with van der Waals surface area (Å²) in [6.07, 6.45) is -4.78. The van der Waals surface area contributed by atoms with Gasteiger partial charge in [-0.1, -0.05) is 0 Å². The van der Waals surface area contributed by atoms with E-state index in [0.717, 1.165) is 0 Å². The molecule has 0 aliphatic rings. The standard InChI is InChI=1S/C6H13NO5/c7-3(1-8)5(11)6(12)4(10)2-9/h2-6,8,10-12H,1,7H2/t3-,4-,5-,6-/m1/s1. The summed E-state index contributed by atoms with van der Waals surface area (Å²) in [4.78, 5) is 9.94. The fraction of sp³-hybridized carbons (Fsp3) is 0.833. The largest absolute Gasteiger partial charge is 0.395 e. The summed E-state index contributed by atoms with van der Waals surface area (Å²) >= 11 is 0. The maximum absolute atomic E-state index is 9.94. The van der Waals surface area contributed by atoms with Gasteiger partial charge in [-0.3, -0.25) is 0 Å². The zero-order chi connectivity index (χ0) is 9.72. The molecule has 0 saturated carbocycles. The van der Waals surface area contributed by atoms with Crippen molar-refractivity contribution in [2.45, 2.75) is 24.4 Å². The Morgan fingerprint density at radius 3 is 2.08 bits per heavy atom. The van der Waals surface area contributed by atoms with Gasteiger partial charge in [0.2, 0.25) is 0 Å². The molecular weight excluding hydrogens is 166 g/mol. The number of aliphatic hydroxyl groups is 4. The van der Waals surface area contributed by atoms with Gasteiger partial charge in [0.15, 0.2) is 6.29 Å².